The number of aliphatic hydroxyl groups excluding tert-OH is 1. The average molecular weight is 1040 g/mol. The molecule has 4 aromatic rings. The molecule has 0 saturated carbocycles. The predicted octanol–water partition coefficient (Wildman–Crippen LogP) is 5.76. The number of carbonyl (C=O) groups excluding carboxylic acids is 4. The fraction of sp³-hybridized carbons (Fsp3) is 0.444. The van der Waals surface area contributed by atoms with Gasteiger partial charge in [-0.2, -0.15) is 0 Å². The lowest BCUT2D eigenvalue weighted by molar-refractivity contribution is -0.144. The lowest BCUT2D eigenvalue weighted by Gasteiger charge is -2.35. The Kier molecular flexibility index (Phi) is 19.5. The number of rotatable bonds is 23. The van der Waals surface area contributed by atoms with Gasteiger partial charge in [0.15, 0.2) is 11.6 Å². The van der Waals surface area contributed by atoms with Crippen LogP contribution in [-0.4, -0.2) is 109 Å². The normalized spacial score (nSPS) is 15.4. The van der Waals surface area contributed by atoms with Crippen LogP contribution in [0, 0.1) is 33.4 Å². The second kappa shape index (κ2) is 24.7. The van der Waals surface area contributed by atoms with Crippen molar-refractivity contribution < 1.29 is 51.8 Å². The molecule has 3 aromatic carbocycles. The molecular formula is C45H55F3IN7O8S. The van der Waals surface area contributed by atoms with Gasteiger partial charge in [0.1, 0.15) is 17.9 Å². The zero-order valence-electron chi connectivity index (χ0n) is 36.6. The number of β-amino-alcohol motifs (C(OH)–C–C–N with tert-alkyl or cyclic N) is 1. The number of carbonyl (C=O) groups is 4. The molecule has 6 N–H and O–H groups in total. The second-order valence-corrected chi connectivity index (χ2v) is 18.4. The van der Waals surface area contributed by atoms with Crippen LogP contribution in [0.4, 0.5) is 24.5 Å². The van der Waals surface area contributed by atoms with Gasteiger partial charge in [0, 0.05) is 36.0 Å². The van der Waals surface area contributed by atoms with Crippen molar-refractivity contribution in [3.63, 3.8) is 0 Å². The van der Waals surface area contributed by atoms with E-state index in [1.165, 1.54) is 17.0 Å². The monoisotopic (exact) mass is 1040 g/mol. The van der Waals surface area contributed by atoms with E-state index in [0.29, 0.717) is 29.7 Å². The van der Waals surface area contributed by atoms with E-state index in [4.69, 9.17) is 14.3 Å². The van der Waals surface area contributed by atoms with Crippen LogP contribution in [0.15, 0.2) is 60.1 Å². The SMILES string of the molecule is Cc1ncsc1-c1ccc(CNC(=O)[C@@H]2C[C@@H](O)CN2C(=O)[C@@H](NC(=O)CCOCCOCCNCCCONC(=O)c2ccc(F)c(F)c2Nc2ccc(I)cc2F)C(C)(C)C)cc1. The number of nitrogens with one attached hydrogen (secondary N) is 5. The van der Waals surface area contributed by atoms with Gasteiger partial charge < -0.3 is 40.7 Å². The average Bonchev–Trinajstić information content (AvgIpc) is 3.89. The highest BCUT2D eigenvalue weighted by atomic mass is 127. The minimum absolute atomic E-state index is 0.0101. The molecule has 1 fully saturated rings. The Hall–Kier alpha value is -4.71. The van der Waals surface area contributed by atoms with Gasteiger partial charge in [-0.25, -0.2) is 23.6 Å². The van der Waals surface area contributed by atoms with Gasteiger partial charge in [-0.05, 0) is 89.4 Å². The first-order valence-electron chi connectivity index (χ1n) is 21.1. The summed E-state index contributed by atoms with van der Waals surface area (Å²) >= 11 is 3.47. The van der Waals surface area contributed by atoms with Gasteiger partial charge in [-0.15, -0.1) is 11.3 Å². The number of thiazole rings is 1. The molecule has 4 amide bonds. The molecule has 0 radical (unpaired) electrons. The van der Waals surface area contributed by atoms with E-state index in [0.717, 1.165) is 33.8 Å². The van der Waals surface area contributed by atoms with Crippen LogP contribution < -0.4 is 26.7 Å². The van der Waals surface area contributed by atoms with Crippen LogP contribution in [0.25, 0.3) is 10.4 Å². The minimum Gasteiger partial charge on any atom is -0.391 e. The molecule has 1 saturated heterocycles. The van der Waals surface area contributed by atoms with E-state index in [9.17, 15) is 37.5 Å². The van der Waals surface area contributed by atoms with Crippen molar-refractivity contribution in [1.29, 1.82) is 0 Å². The molecule has 1 aliphatic heterocycles. The van der Waals surface area contributed by atoms with Gasteiger partial charge in [-0.3, -0.25) is 24.0 Å². The Morgan fingerprint density at radius 3 is 2.38 bits per heavy atom. The summed E-state index contributed by atoms with van der Waals surface area (Å²) in [6, 6.07) is 11.9. The molecule has 352 valence electrons. The molecule has 15 nitrogen and oxygen atoms in total. The molecule has 65 heavy (non-hydrogen) atoms. The Balaban J connectivity index is 0.929. The summed E-state index contributed by atoms with van der Waals surface area (Å²) in [5.41, 5.74) is 5.22. The summed E-state index contributed by atoms with van der Waals surface area (Å²) < 4.78 is 54.7. The highest BCUT2D eigenvalue weighted by molar-refractivity contribution is 14.1. The first-order chi connectivity index (χ1) is 31.0. The van der Waals surface area contributed by atoms with E-state index < -0.39 is 64.5 Å². The highest BCUT2D eigenvalue weighted by Gasteiger charge is 2.44. The maximum atomic E-state index is 14.6. The van der Waals surface area contributed by atoms with Crippen LogP contribution in [0.1, 0.15) is 61.6 Å². The Bertz CT molecular complexity index is 2250. The number of nitrogens with zero attached hydrogens (tertiary/aromatic N) is 2. The lowest BCUT2D eigenvalue weighted by atomic mass is 9.85. The number of halogens is 4. The van der Waals surface area contributed by atoms with Crippen molar-refractivity contribution in [1.82, 2.24) is 31.3 Å². The van der Waals surface area contributed by atoms with Gasteiger partial charge in [0.2, 0.25) is 17.7 Å². The van der Waals surface area contributed by atoms with Crippen LogP contribution in [0.3, 0.4) is 0 Å². The molecule has 1 aliphatic rings. The zero-order valence-corrected chi connectivity index (χ0v) is 39.6. The maximum Gasteiger partial charge on any atom is 0.277 e. The van der Waals surface area contributed by atoms with Crippen molar-refractivity contribution in [2.45, 2.75) is 71.7 Å². The molecule has 0 spiro atoms. The number of aryl methyl sites for hydroxylation is 1. The molecular weight excluding hydrogens is 983 g/mol. The van der Waals surface area contributed by atoms with E-state index in [-0.39, 0.29) is 69.5 Å². The Labute approximate surface area is 393 Å². The number of hydrogen-bond acceptors (Lipinski definition) is 12. The summed E-state index contributed by atoms with van der Waals surface area (Å²) in [7, 11) is 0. The highest BCUT2D eigenvalue weighted by Crippen LogP contribution is 2.30. The molecule has 0 bridgehead atoms. The van der Waals surface area contributed by atoms with Gasteiger partial charge in [-0.1, -0.05) is 45.0 Å². The minimum atomic E-state index is -1.34. The first kappa shape index (κ1) is 51.3. The van der Waals surface area contributed by atoms with E-state index in [2.05, 4.69) is 31.7 Å². The molecule has 0 unspecified atom stereocenters. The van der Waals surface area contributed by atoms with Gasteiger partial charge in [0.05, 0.1) is 72.2 Å². The summed E-state index contributed by atoms with van der Waals surface area (Å²) in [6.45, 7) is 9.72. The summed E-state index contributed by atoms with van der Waals surface area (Å²) in [6.07, 6.45) is -0.320. The van der Waals surface area contributed by atoms with Crippen molar-refractivity contribution in [3.05, 3.63) is 98.0 Å². The van der Waals surface area contributed by atoms with E-state index in [1.807, 2.05) is 74.6 Å². The largest absolute Gasteiger partial charge is 0.391 e. The van der Waals surface area contributed by atoms with Crippen molar-refractivity contribution >= 4 is 68.9 Å². The van der Waals surface area contributed by atoms with E-state index in [1.54, 1.807) is 22.9 Å². The number of benzene rings is 3. The fourth-order valence-electron chi connectivity index (χ4n) is 6.80. The summed E-state index contributed by atoms with van der Waals surface area (Å²) in [5.74, 6) is -5.33. The molecule has 5 rings (SSSR count). The van der Waals surface area contributed by atoms with Gasteiger partial charge >= 0.3 is 0 Å². The number of hydrogen-bond donors (Lipinski definition) is 6. The molecule has 20 heteroatoms. The fourth-order valence-corrected chi connectivity index (χ4v) is 8.06. The van der Waals surface area contributed by atoms with Crippen LogP contribution in [0.2, 0.25) is 0 Å². The van der Waals surface area contributed by atoms with Crippen molar-refractivity contribution in [2.24, 2.45) is 5.41 Å². The maximum absolute atomic E-state index is 14.6. The molecule has 2 heterocycles. The quantitative estimate of drug-likeness (QED) is 0.0301. The number of ether oxygens (including phenoxy) is 2. The lowest BCUT2D eigenvalue weighted by Crippen LogP contribution is -2.57. The number of anilines is 2. The van der Waals surface area contributed by atoms with Gasteiger partial charge in [0.25, 0.3) is 5.91 Å². The van der Waals surface area contributed by atoms with Crippen LogP contribution in [-0.2, 0) is 35.2 Å². The summed E-state index contributed by atoms with van der Waals surface area (Å²) in [4.78, 5) is 64.9. The first-order valence-corrected chi connectivity index (χ1v) is 23.0. The van der Waals surface area contributed by atoms with Crippen molar-refractivity contribution in [3.8, 4) is 10.4 Å². The third-order valence-corrected chi connectivity index (χ3v) is 11.9. The number of aliphatic hydroxyl groups is 1. The number of likely N-dealkylation sites (tertiary alicyclic amines) is 1. The number of aromatic nitrogens is 1. The third kappa shape index (κ3) is 15.2. The topological polar surface area (TPSA) is 192 Å². The second-order valence-electron chi connectivity index (χ2n) is 16.3. The summed E-state index contributed by atoms with van der Waals surface area (Å²) in [5, 5.41) is 21.9. The van der Waals surface area contributed by atoms with E-state index >= 15 is 0 Å². The number of amides is 4. The predicted molar refractivity (Wildman–Crippen MR) is 248 cm³/mol. The molecule has 0 aliphatic carbocycles. The van der Waals surface area contributed by atoms with Crippen molar-refractivity contribution in [2.75, 3.05) is 58.0 Å². The Morgan fingerprint density at radius 1 is 0.954 bits per heavy atom. The standard InChI is InChI=1S/C45H55F3IN7O8S/c1-27-40(65-26-52-27)29-8-6-28(7-9-29)24-51-43(60)36-23-31(57)25-56(36)44(61)41(45(2,3)4)54-37(58)14-18-62-20-21-63-19-16-50-15-5-17-64-55-42(59)32-11-12-33(46)38(48)39(32)53-35-13-10-30(49)22-34(35)47/h6-13,22,26,31,36,41,50,53,57H,5,14-21,23-25H2,1-4H3,(H,51,60)(H,54,58)(H,55,59)/t31-,36+,41-/m1/s1. The van der Waals surface area contributed by atoms with Crippen LogP contribution in [0.5, 0.6) is 0 Å². The van der Waals surface area contributed by atoms with Crippen LogP contribution >= 0.6 is 33.9 Å². The zero-order chi connectivity index (χ0) is 47.1. The smallest absolute Gasteiger partial charge is 0.277 e. The third-order valence-electron chi connectivity index (χ3n) is 10.3. The number of hydroxylamine groups is 1. The molecule has 3 atom stereocenters. The Morgan fingerprint density at radius 2 is 1.69 bits per heavy atom. The molecule has 1 aromatic heterocycles.